The zero-order chi connectivity index (χ0) is 17.3. The van der Waals surface area contributed by atoms with E-state index in [1.807, 2.05) is 0 Å². The molecule has 0 bridgehead atoms. The molecule has 0 saturated heterocycles. The Hall–Kier alpha value is -1.01. The van der Waals surface area contributed by atoms with E-state index < -0.39 is 39.5 Å². The van der Waals surface area contributed by atoms with Crippen LogP contribution in [0.5, 0.6) is 0 Å². The zero-order valence-electron chi connectivity index (χ0n) is 11.0. The number of hydrogen-bond acceptors (Lipinski definition) is 6. The van der Waals surface area contributed by atoms with Crippen LogP contribution in [0.1, 0.15) is 25.7 Å². The molecule has 22 heavy (non-hydrogen) atoms. The minimum Gasteiger partial charge on any atom is -0.743 e. The van der Waals surface area contributed by atoms with E-state index in [1.165, 1.54) is 0 Å². The maximum Gasteiger partial charge on any atom is 0.432 e. The Morgan fingerprint density at radius 3 is 1.95 bits per heavy atom. The molecule has 12 heteroatoms. The van der Waals surface area contributed by atoms with Crippen molar-refractivity contribution in [3.8, 4) is 0 Å². The minimum absolute atomic E-state index is 0.0280. The lowest BCUT2D eigenvalue weighted by atomic mass is 9.86. The van der Waals surface area contributed by atoms with Gasteiger partial charge in [-0.1, -0.05) is 0 Å². The molecule has 1 saturated carbocycles. The van der Waals surface area contributed by atoms with Crippen LogP contribution in [-0.2, 0) is 19.6 Å². The van der Waals surface area contributed by atoms with Gasteiger partial charge in [-0.05, 0) is 25.7 Å². The SMILES string of the molecule is NC1CCC(C(=O)OC(C(F)(F)F)C(F)(F)S(=O)(=O)[O-])CC1. The van der Waals surface area contributed by atoms with Gasteiger partial charge in [-0.2, -0.15) is 22.0 Å². The highest BCUT2D eigenvalue weighted by atomic mass is 32.2. The Kier molecular flexibility index (Phi) is 5.40. The van der Waals surface area contributed by atoms with Crippen LogP contribution in [0.25, 0.3) is 0 Å². The van der Waals surface area contributed by atoms with Gasteiger partial charge in [-0.25, -0.2) is 8.42 Å². The van der Waals surface area contributed by atoms with Gasteiger partial charge < -0.3 is 15.0 Å². The highest BCUT2D eigenvalue weighted by Crippen LogP contribution is 2.39. The molecule has 0 aromatic rings. The second-order valence-electron chi connectivity index (χ2n) is 4.99. The number of nitrogens with two attached hydrogens (primary N) is 1. The molecule has 0 radical (unpaired) electrons. The van der Waals surface area contributed by atoms with Crippen LogP contribution in [-0.4, -0.2) is 42.5 Å². The van der Waals surface area contributed by atoms with Crippen molar-refractivity contribution in [2.24, 2.45) is 11.7 Å². The number of hydrogen-bond donors (Lipinski definition) is 1. The van der Waals surface area contributed by atoms with Gasteiger partial charge in [-0.3, -0.25) is 4.79 Å². The molecule has 6 nitrogen and oxygen atoms in total. The summed E-state index contributed by atoms with van der Waals surface area (Å²) in [5.74, 6) is -2.73. The van der Waals surface area contributed by atoms with E-state index in [0.717, 1.165) is 0 Å². The lowest BCUT2D eigenvalue weighted by molar-refractivity contribution is -0.261. The fraction of sp³-hybridized carbons (Fsp3) is 0.900. The number of rotatable bonds is 4. The summed E-state index contributed by atoms with van der Waals surface area (Å²) in [6, 6.07) is -0.258. The number of ether oxygens (including phenoxy) is 1. The molecule has 0 amide bonds. The smallest absolute Gasteiger partial charge is 0.432 e. The van der Waals surface area contributed by atoms with Crippen molar-refractivity contribution >= 4 is 16.1 Å². The summed E-state index contributed by atoms with van der Waals surface area (Å²) in [5.41, 5.74) is 5.52. The molecule has 0 spiro atoms. The van der Waals surface area contributed by atoms with Crippen molar-refractivity contribution in [3.05, 3.63) is 0 Å². The van der Waals surface area contributed by atoms with E-state index in [9.17, 15) is 39.7 Å². The average molecular weight is 354 g/mol. The minimum atomic E-state index is -6.67. The summed E-state index contributed by atoms with van der Waals surface area (Å²) in [6.07, 6.45) is -9.63. The standard InChI is InChI=1S/C10H14F5NO5S/c11-9(12,13)8(10(14,15)22(18,19)20)21-7(17)5-1-3-6(16)4-2-5/h5-6,8H,1-4,16H2,(H,18,19,20)/p-1. The van der Waals surface area contributed by atoms with Gasteiger partial charge >= 0.3 is 17.4 Å². The van der Waals surface area contributed by atoms with Crippen LogP contribution in [0, 0.1) is 5.92 Å². The fourth-order valence-corrected chi connectivity index (χ4v) is 2.47. The Morgan fingerprint density at radius 2 is 1.59 bits per heavy atom. The largest absolute Gasteiger partial charge is 0.743 e. The number of carbonyl (C=O) groups is 1. The van der Waals surface area contributed by atoms with Crippen molar-refractivity contribution in [2.45, 2.75) is 49.3 Å². The van der Waals surface area contributed by atoms with E-state index in [2.05, 4.69) is 4.74 Å². The van der Waals surface area contributed by atoms with Crippen molar-refractivity contribution in [1.29, 1.82) is 0 Å². The summed E-state index contributed by atoms with van der Waals surface area (Å²) in [7, 11) is -6.67. The van der Waals surface area contributed by atoms with Crippen molar-refractivity contribution < 1.29 is 44.5 Å². The molecule has 2 N–H and O–H groups in total. The van der Waals surface area contributed by atoms with E-state index in [4.69, 9.17) is 5.73 Å². The molecule has 1 atom stereocenters. The first-order valence-electron chi connectivity index (χ1n) is 6.13. The zero-order valence-corrected chi connectivity index (χ0v) is 11.8. The highest BCUT2D eigenvalue weighted by Gasteiger charge is 2.63. The monoisotopic (exact) mass is 354 g/mol. The molecule has 1 unspecified atom stereocenters. The predicted molar refractivity (Wildman–Crippen MR) is 60.5 cm³/mol. The molecule has 0 aromatic heterocycles. The van der Waals surface area contributed by atoms with Gasteiger partial charge in [-0.15, -0.1) is 0 Å². The topological polar surface area (TPSA) is 110 Å². The van der Waals surface area contributed by atoms with Crippen LogP contribution in [0.15, 0.2) is 0 Å². The highest BCUT2D eigenvalue weighted by molar-refractivity contribution is 7.86. The summed E-state index contributed by atoms with van der Waals surface area (Å²) in [5, 5.41) is -5.81. The second kappa shape index (κ2) is 6.24. The summed E-state index contributed by atoms with van der Waals surface area (Å²) in [4.78, 5) is 11.5. The van der Waals surface area contributed by atoms with Crippen molar-refractivity contribution in [3.63, 3.8) is 0 Å². The maximum absolute atomic E-state index is 13.2. The number of esters is 1. The van der Waals surface area contributed by atoms with Gasteiger partial charge in [0.15, 0.2) is 10.1 Å². The first-order chi connectivity index (χ1) is 9.76. The van der Waals surface area contributed by atoms with Crippen LogP contribution >= 0.6 is 0 Å². The molecule has 1 rings (SSSR count). The Balaban J connectivity index is 2.94. The molecule has 1 aliphatic carbocycles. The first-order valence-corrected chi connectivity index (χ1v) is 7.53. The molecular formula is C10H13F5NO5S-. The quantitative estimate of drug-likeness (QED) is 0.460. The Bertz CT molecular complexity index is 512. The lowest BCUT2D eigenvalue weighted by Crippen LogP contribution is -2.53. The number of halogens is 5. The van der Waals surface area contributed by atoms with Gasteiger partial charge in [0.25, 0.3) is 6.10 Å². The molecule has 1 fully saturated rings. The van der Waals surface area contributed by atoms with E-state index in [-0.39, 0.29) is 31.7 Å². The van der Waals surface area contributed by atoms with Crippen LogP contribution in [0.4, 0.5) is 22.0 Å². The van der Waals surface area contributed by atoms with E-state index >= 15 is 0 Å². The summed E-state index contributed by atoms with van der Waals surface area (Å²) in [6.45, 7) is 0. The third-order valence-electron chi connectivity index (χ3n) is 3.28. The van der Waals surface area contributed by atoms with Crippen molar-refractivity contribution in [2.75, 3.05) is 0 Å². The van der Waals surface area contributed by atoms with Gasteiger partial charge in [0.1, 0.15) is 0 Å². The lowest BCUT2D eigenvalue weighted by Gasteiger charge is -2.32. The van der Waals surface area contributed by atoms with Crippen molar-refractivity contribution in [1.82, 2.24) is 0 Å². The summed E-state index contributed by atoms with van der Waals surface area (Å²) >= 11 is 0. The van der Waals surface area contributed by atoms with Gasteiger partial charge in [0, 0.05) is 6.04 Å². The molecular weight excluding hydrogens is 341 g/mol. The average Bonchev–Trinajstić information content (AvgIpc) is 2.33. The van der Waals surface area contributed by atoms with Crippen LogP contribution < -0.4 is 5.73 Å². The second-order valence-corrected chi connectivity index (χ2v) is 6.44. The molecule has 0 aliphatic heterocycles. The predicted octanol–water partition coefficient (Wildman–Crippen LogP) is 1.12. The van der Waals surface area contributed by atoms with Crippen LogP contribution in [0.2, 0.25) is 0 Å². The van der Waals surface area contributed by atoms with Gasteiger partial charge in [0.2, 0.25) is 0 Å². The molecule has 130 valence electrons. The number of alkyl halides is 5. The Labute approximate surface area is 122 Å². The van der Waals surface area contributed by atoms with Crippen LogP contribution in [0.3, 0.4) is 0 Å². The normalized spacial score (nSPS) is 25.6. The first kappa shape index (κ1) is 19.0. The summed E-state index contributed by atoms with van der Waals surface area (Å²) < 4.78 is 98.6. The maximum atomic E-state index is 13.2. The fourth-order valence-electron chi connectivity index (χ4n) is 2.02. The third kappa shape index (κ3) is 4.26. The number of carbonyl (C=O) groups excluding carboxylic acids is 1. The van der Waals surface area contributed by atoms with E-state index in [0.29, 0.717) is 0 Å². The Morgan fingerprint density at radius 1 is 1.14 bits per heavy atom. The molecule has 0 heterocycles. The van der Waals surface area contributed by atoms with Gasteiger partial charge in [0.05, 0.1) is 5.92 Å². The van der Waals surface area contributed by atoms with E-state index in [1.54, 1.807) is 0 Å². The molecule has 1 aliphatic rings. The molecule has 0 aromatic carbocycles. The third-order valence-corrected chi connectivity index (χ3v) is 4.16.